The lowest BCUT2D eigenvalue weighted by Crippen LogP contribution is -2.36. The van der Waals surface area contributed by atoms with Gasteiger partial charge in [0.2, 0.25) is 5.91 Å². The van der Waals surface area contributed by atoms with Gasteiger partial charge in [0.05, 0.1) is 12.9 Å². The van der Waals surface area contributed by atoms with Crippen LogP contribution in [0.25, 0.3) is 0 Å². The fraction of sp³-hybridized carbons (Fsp3) is 0.500. The molecule has 4 nitrogen and oxygen atoms in total. The smallest absolute Gasteiger partial charge is 0.235 e. The van der Waals surface area contributed by atoms with E-state index in [9.17, 15) is 13.4 Å². The van der Waals surface area contributed by atoms with Crippen molar-refractivity contribution in [2.45, 2.75) is 31.3 Å². The van der Waals surface area contributed by atoms with Crippen LogP contribution in [0.15, 0.2) is 18.2 Å². The average molecular weight is 301 g/mol. The largest absolute Gasteiger partial charge is 0.496 e. The van der Waals surface area contributed by atoms with Gasteiger partial charge in [-0.05, 0) is 31.5 Å². The highest BCUT2D eigenvalue weighted by atomic mass is 32.2. The first kappa shape index (κ1) is 16.6. The van der Waals surface area contributed by atoms with Crippen LogP contribution in [-0.2, 0) is 21.3 Å². The van der Waals surface area contributed by atoms with E-state index in [0.717, 1.165) is 6.42 Å². The van der Waals surface area contributed by atoms with Gasteiger partial charge in [-0.25, -0.2) is 4.39 Å². The van der Waals surface area contributed by atoms with Gasteiger partial charge in [-0.15, -0.1) is 0 Å². The van der Waals surface area contributed by atoms with E-state index in [1.807, 2.05) is 6.92 Å². The maximum Gasteiger partial charge on any atom is 0.235 e. The summed E-state index contributed by atoms with van der Waals surface area (Å²) < 4.78 is 30.5. The van der Waals surface area contributed by atoms with Crippen molar-refractivity contribution in [2.75, 3.05) is 13.7 Å². The fourth-order valence-corrected chi connectivity index (χ4v) is 2.75. The van der Waals surface area contributed by atoms with Gasteiger partial charge in [-0.1, -0.05) is 6.92 Å². The molecular formula is C14H20FNO3S. The molecule has 0 heterocycles. The van der Waals surface area contributed by atoms with Crippen molar-refractivity contribution in [3.63, 3.8) is 0 Å². The number of rotatable bonds is 7. The topological polar surface area (TPSA) is 55.4 Å². The molecule has 1 amide bonds. The number of hydrogen-bond acceptors (Lipinski definition) is 3. The predicted molar refractivity (Wildman–Crippen MR) is 77.6 cm³/mol. The van der Waals surface area contributed by atoms with Crippen molar-refractivity contribution in [1.82, 2.24) is 5.32 Å². The number of halogens is 1. The van der Waals surface area contributed by atoms with Crippen LogP contribution in [0.1, 0.15) is 25.8 Å². The van der Waals surface area contributed by atoms with Crippen molar-refractivity contribution >= 4 is 16.7 Å². The van der Waals surface area contributed by atoms with E-state index >= 15 is 0 Å². The Morgan fingerprint density at radius 3 is 2.80 bits per heavy atom. The summed E-state index contributed by atoms with van der Waals surface area (Å²) in [5.41, 5.74) is 0.501. The molecule has 0 aliphatic rings. The highest BCUT2D eigenvalue weighted by molar-refractivity contribution is 7.85. The van der Waals surface area contributed by atoms with E-state index in [-0.39, 0.29) is 11.7 Å². The minimum atomic E-state index is -1.43. The summed E-state index contributed by atoms with van der Waals surface area (Å²) >= 11 is 0. The van der Waals surface area contributed by atoms with E-state index in [1.165, 1.54) is 25.3 Å². The lowest BCUT2D eigenvalue weighted by Gasteiger charge is -2.13. The Bertz CT molecular complexity index is 493. The number of methoxy groups -OCH3 is 1. The number of benzene rings is 1. The number of carbonyl (C=O) groups excluding carboxylic acids is 1. The van der Waals surface area contributed by atoms with Gasteiger partial charge in [-0.2, -0.15) is 0 Å². The summed E-state index contributed by atoms with van der Waals surface area (Å²) in [6, 6.07) is 4.06. The van der Waals surface area contributed by atoms with E-state index in [1.54, 1.807) is 6.92 Å². The first-order chi connectivity index (χ1) is 9.49. The van der Waals surface area contributed by atoms with Crippen molar-refractivity contribution in [1.29, 1.82) is 0 Å². The van der Waals surface area contributed by atoms with Gasteiger partial charge in [0.15, 0.2) is 0 Å². The molecule has 0 aliphatic heterocycles. The number of hydrogen-bond donors (Lipinski definition) is 1. The third-order valence-corrected chi connectivity index (χ3v) is 4.45. The third-order valence-electron chi connectivity index (χ3n) is 2.85. The SMILES string of the molecule is CCCNC(=O)[C@@H](C)[S@](=O)Cc1cc(F)ccc1OC. The van der Waals surface area contributed by atoms with Gasteiger partial charge >= 0.3 is 0 Å². The first-order valence-corrected chi connectivity index (χ1v) is 7.85. The summed E-state index contributed by atoms with van der Waals surface area (Å²) in [4.78, 5) is 11.7. The van der Waals surface area contributed by atoms with Crippen LogP contribution in [0.5, 0.6) is 5.75 Å². The fourth-order valence-electron chi connectivity index (χ4n) is 1.65. The average Bonchev–Trinajstić information content (AvgIpc) is 2.44. The molecule has 0 spiro atoms. The normalized spacial score (nSPS) is 13.6. The van der Waals surface area contributed by atoms with E-state index in [0.29, 0.717) is 17.9 Å². The monoisotopic (exact) mass is 301 g/mol. The standard InChI is InChI=1S/C14H20FNO3S/c1-4-7-16-14(17)10(2)20(18)9-11-8-12(15)5-6-13(11)19-3/h5-6,8,10H,4,7,9H2,1-3H3,(H,16,17)/t10-,20-/m1/s1. The first-order valence-electron chi connectivity index (χ1n) is 6.46. The molecule has 0 unspecified atom stereocenters. The molecule has 1 rings (SSSR count). The lowest BCUT2D eigenvalue weighted by atomic mass is 10.2. The molecule has 0 saturated carbocycles. The number of nitrogens with one attached hydrogen (secondary N) is 1. The molecule has 0 aliphatic carbocycles. The zero-order valence-corrected chi connectivity index (χ0v) is 12.8. The molecule has 0 aromatic heterocycles. The van der Waals surface area contributed by atoms with Crippen molar-refractivity contribution in [2.24, 2.45) is 0 Å². The Morgan fingerprint density at radius 2 is 2.20 bits per heavy atom. The number of amides is 1. The van der Waals surface area contributed by atoms with Gasteiger partial charge in [-0.3, -0.25) is 9.00 Å². The van der Waals surface area contributed by atoms with Crippen LogP contribution >= 0.6 is 0 Å². The zero-order chi connectivity index (χ0) is 15.1. The van der Waals surface area contributed by atoms with Crippen molar-refractivity contribution < 1.29 is 18.1 Å². The Balaban J connectivity index is 2.75. The summed E-state index contributed by atoms with van der Waals surface area (Å²) in [5.74, 6) is -0.107. The summed E-state index contributed by atoms with van der Waals surface area (Å²) in [6.07, 6.45) is 0.822. The predicted octanol–water partition coefficient (Wildman–Crippen LogP) is 2.00. The minimum Gasteiger partial charge on any atom is -0.496 e. The second-order valence-corrected chi connectivity index (χ2v) is 6.17. The quantitative estimate of drug-likeness (QED) is 0.838. The molecule has 1 aromatic rings. The van der Waals surface area contributed by atoms with Crippen LogP contribution in [-0.4, -0.2) is 29.0 Å². The minimum absolute atomic E-state index is 0.0850. The molecule has 0 radical (unpaired) electrons. The molecule has 0 bridgehead atoms. The molecule has 0 saturated heterocycles. The second kappa shape index (κ2) is 7.99. The summed E-state index contributed by atoms with van der Waals surface area (Å²) in [5, 5.41) is 2.06. The third kappa shape index (κ3) is 4.59. The molecule has 1 N–H and O–H groups in total. The Morgan fingerprint density at radius 1 is 1.50 bits per heavy atom. The molecule has 2 atom stereocenters. The zero-order valence-electron chi connectivity index (χ0n) is 11.9. The Kier molecular flexibility index (Phi) is 6.64. The van der Waals surface area contributed by atoms with Gasteiger partial charge in [0.25, 0.3) is 0 Å². The molecule has 112 valence electrons. The molecule has 1 aromatic carbocycles. The molecular weight excluding hydrogens is 281 g/mol. The van der Waals surface area contributed by atoms with Crippen LogP contribution in [0.4, 0.5) is 4.39 Å². The highest BCUT2D eigenvalue weighted by Gasteiger charge is 2.21. The van der Waals surface area contributed by atoms with Gasteiger partial charge in [0.1, 0.15) is 16.8 Å². The van der Waals surface area contributed by atoms with Crippen LogP contribution in [0.2, 0.25) is 0 Å². The molecule has 6 heteroatoms. The Hall–Kier alpha value is -1.43. The van der Waals surface area contributed by atoms with Crippen molar-refractivity contribution in [3.05, 3.63) is 29.6 Å². The van der Waals surface area contributed by atoms with E-state index < -0.39 is 21.9 Å². The van der Waals surface area contributed by atoms with Crippen LogP contribution in [0.3, 0.4) is 0 Å². The number of ether oxygens (including phenoxy) is 1. The highest BCUT2D eigenvalue weighted by Crippen LogP contribution is 2.21. The summed E-state index contributed by atoms with van der Waals surface area (Å²) in [6.45, 7) is 4.11. The lowest BCUT2D eigenvalue weighted by molar-refractivity contribution is -0.120. The Labute approximate surface area is 121 Å². The van der Waals surface area contributed by atoms with Crippen LogP contribution < -0.4 is 10.1 Å². The molecule has 0 fully saturated rings. The number of carbonyl (C=O) groups is 1. The summed E-state index contributed by atoms with van der Waals surface area (Å²) in [7, 11) is 0.0411. The maximum absolute atomic E-state index is 13.2. The van der Waals surface area contributed by atoms with Gasteiger partial charge in [0, 0.05) is 22.9 Å². The van der Waals surface area contributed by atoms with E-state index in [4.69, 9.17) is 4.74 Å². The second-order valence-electron chi connectivity index (χ2n) is 4.41. The van der Waals surface area contributed by atoms with Gasteiger partial charge < -0.3 is 10.1 Å². The molecule has 20 heavy (non-hydrogen) atoms. The maximum atomic E-state index is 13.2. The van der Waals surface area contributed by atoms with Crippen molar-refractivity contribution in [3.8, 4) is 5.75 Å². The van der Waals surface area contributed by atoms with Crippen LogP contribution in [0, 0.1) is 5.82 Å². The van der Waals surface area contributed by atoms with E-state index in [2.05, 4.69) is 5.32 Å².